The first-order valence-corrected chi connectivity index (χ1v) is 12.7. The molecule has 1 saturated heterocycles. The van der Waals surface area contributed by atoms with Crippen molar-refractivity contribution in [1.29, 1.82) is 0 Å². The lowest BCUT2D eigenvalue weighted by atomic mass is 10.1. The SMILES string of the molecule is CCOc1cc(/C=C2\C(=O)NC(=O)N(c3cccc([N+](=O)[O-])c3)C2=O)cc(I)c1Oc1ccc([N+](=O)[O-])cc1[N+](=O)[O-]. The Balaban J connectivity index is 1.74. The summed E-state index contributed by atoms with van der Waals surface area (Å²) in [5.41, 5.74) is -1.93. The molecule has 42 heavy (non-hydrogen) atoms. The first-order chi connectivity index (χ1) is 19.9. The molecule has 1 aliphatic rings. The van der Waals surface area contributed by atoms with E-state index in [-0.39, 0.29) is 40.8 Å². The molecule has 1 N–H and O–H groups in total. The van der Waals surface area contributed by atoms with E-state index >= 15 is 0 Å². The van der Waals surface area contributed by atoms with Gasteiger partial charge in [0.2, 0.25) is 5.75 Å². The van der Waals surface area contributed by atoms with Crippen LogP contribution in [0.2, 0.25) is 0 Å². The maximum Gasteiger partial charge on any atom is 0.335 e. The molecule has 0 spiro atoms. The van der Waals surface area contributed by atoms with E-state index in [1.807, 2.05) is 27.9 Å². The monoisotopic (exact) mass is 689 g/mol. The smallest absolute Gasteiger partial charge is 0.335 e. The number of benzene rings is 3. The van der Waals surface area contributed by atoms with Gasteiger partial charge in [0.1, 0.15) is 5.57 Å². The van der Waals surface area contributed by atoms with Gasteiger partial charge in [0, 0.05) is 18.2 Å². The van der Waals surface area contributed by atoms with Crippen molar-refractivity contribution in [2.24, 2.45) is 0 Å². The van der Waals surface area contributed by atoms with Crippen LogP contribution in [-0.4, -0.2) is 39.2 Å². The van der Waals surface area contributed by atoms with E-state index < -0.39 is 49.6 Å². The van der Waals surface area contributed by atoms with Gasteiger partial charge in [-0.05, 0) is 65.4 Å². The number of imide groups is 2. The van der Waals surface area contributed by atoms with Crippen LogP contribution in [0.1, 0.15) is 12.5 Å². The topological polar surface area (TPSA) is 214 Å². The summed E-state index contributed by atoms with van der Waals surface area (Å²) in [5.74, 6) is -2.28. The van der Waals surface area contributed by atoms with Crippen molar-refractivity contribution in [3.8, 4) is 17.2 Å². The van der Waals surface area contributed by atoms with Crippen LogP contribution in [-0.2, 0) is 9.59 Å². The zero-order valence-corrected chi connectivity index (χ0v) is 23.3. The lowest BCUT2D eigenvalue weighted by Gasteiger charge is -2.26. The molecule has 1 heterocycles. The van der Waals surface area contributed by atoms with Crippen LogP contribution in [0.3, 0.4) is 0 Å². The van der Waals surface area contributed by atoms with Crippen molar-refractivity contribution in [3.05, 3.63) is 99.6 Å². The second kappa shape index (κ2) is 12.0. The summed E-state index contributed by atoms with van der Waals surface area (Å²) in [7, 11) is 0. The number of amides is 4. The number of rotatable bonds is 9. The van der Waals surface area contributed by atoms with Gasteiger partial charge in [0.05, 0.1) is 36.7 Å². The van der Waals surface area contributed by atoms with Crippen LogP contribution in [0.25, 0.3) is 6.08 Å². The van der Waals surface area contributed by atoms with Gasteiger partial charge in [0.25, 0.3) is 23.2 Å². The Morgan fingerprint density at radius 3 is 2.24 bits per heavy atom. The molecule has 1 aliphatic heterocycles. The predicted octanol–water partition coefficient (Wildman–Crippen LogP) is 4.87. The molecule has 3 aromatic carbocycles. The molecule has 0 aromatic heterocycles. The van der Waals surface area contributed by atoms with Crippen molar-refractivity contribution >= 4 is 69.3 Å². The van der Waals surface area contributed by atoms with Crippen molar-refractivity contribution in [1.82, 2.24) is 5.32 Å². The first-order valence-electron chi connectivity index (χ1n) is 11.6. The number of urea groups is 1. The number of nitro benzene ring substituents is 3. The average molecular weight is 689 g/mol. The molecule has 0 radical (unpaired) electrons. The van der Waals surface area contributed by atoms with E-state index in [0.717, 1.165) is 30.3 Å². The number of barbiturate groups is 1. The van der Waals surface area contributed by atoms with Crippen LogP contribution in [0.5, 0.6) is 17.2 Å². The number of carbonyl (C=O) groups is 3. The summed E-state index contributed by atoms with van der Waals surface area (Å²) in [5, 5.41) is 35.8. The molecule has 0 unspecified atom stereocenters. The van der Waals surface area contributed by atoms with Crippen LogP contribution in [0.4, 0.5) is 27.5 Å². The molecule has 4 amide bonds. The second-order valence-electron chi connectivity index (χ2n) is 8.27. The highest BCUT2D eigenvalue weighted by Crippen LogP contribution is 2.42. The minimum absolute atomic E-state index is 0.0179. The minimum Gasteiger partial charge on any atom is -0.490 e. The Kier molecular flexibility index (Phi) is 8.41. The van der Waals surface area contributed by atoms with Gasteiger partial charge in [-0.3, -0.25) is 45.2 Å². The fourth-order valence-electron chi connectivity index (χ4n) is 3.80. The molecular formula is C25H16IN5O11. The third kappa shape index (κ3) is 5.99. The van der Waals surface area contributed by atoms with Crippen molar-refractivity contribution in [3.63, 3.8) is 0 Å². The second-order valence-corrected chi connectivity index (χ2v) is 9.43. The quantitative estimate of drug-likeness (QED) is 0.105. The van der Waals surface area contributed by atoms with Crippen molar-refractivity contribution < 1.29 is 38.6 Å². The Morgan fingerprint density at radius 2 is 1.60 bits per heavy atom. The Labute approximate surface area is 248 Å². The van der Waals surface area contributed by atoms with Gasteiger partial charge in [-0.25, -0.2) is 9.69 Å². The zero-order valence-electron chi connectivity index (χ0n) is 21.1. The van der Waals surface area contributed by atoms with Crippen LogP contribution in [0, 0.1) is 33.9 Å². The molecular weight excluding hydrogens is 673 g/mol. The number of hydrogen-bond acceptors (Lipinski definition) is 11. The number of nitrogens with zero attached hydrogens (tertiary/aromatic N) is 4. The van der Waals surface area contributed by atoms with E-state index in [1.54, 1.807) is 6.92 Å². The number of anilines is 1. The number of nitro groups is 3. The summed E-state index contributed by atoms with van der Waals surface area (Å²) in [4.78, 5) is 70.4. The van der Waals surface area contributed by atoms with Crippen LogP contribution < -0.4 is 19.7 Å². The third-order valence-electron chi connectivity index (χ3n) is 5.61. The lowest BCUT2D eigenvalue weighted by molar-refractivity contribution is -0.394. The highest BCUT2D eigenvalue weighted by atomic mass is 127. The molecule has 0 saturated carbocycles. The van der Waals surface area contributed by atoms with E-state index in [2.05, 4.69) is 0 Å². The Bertz CT molecular complexity index is 1720. The summed E-state index contributed by atoms with van der Waals surface area (Å²) >= 11 is 1.83. The molecule has 1 fully saturated rings. The van der Waals surface area contributed by atoms with Gasteiger partial charge < -0.3 is 9.47 Å². The fraction of sp³-hybridized carbons (Fsp3) is 0.0800. The fourth-order valence-corrected chi connectivity index (χ4v) is 4.53. The molecule has 0 aliphatic carbocycles. The normalized spacial score (nSPS) is 14.0. The maximum absolute atomic E-state index is 13.2. The summed E-state index contributed by atoms with van der Waals surface area (Å²) in [6, 6.07) is 9.34. The molecule has 214 valence electrons. The molecule has 16 nitrogen and oxygen atoms in total. The van der Waals surface area contributed by atoms with E-state index in [4.69, 9.17) is 9.47 Å². The van der Waals surface area contributed by atoms with Gasteiger partial charge in [-0.15, -0.1) is 0 Å². The highest BCUT2D eigenvalue weighted by molar-refractivity contribution is 14.1. The van der Waals surface area contributed by atoms with Gasteiger partial charge in [-0.2, -0.15) is 0 Å². The van der Waals surface area contributed by atoms with Gasteiger partial charge >= 0.3 is 11.7 Å². The van der Waals surface area contributed by atoms with E-state index in [9.17, 15) is 44.7 Å². The zero-order chi connectivity index (χ0) is 30.7. The Morgan fingerprint density at radius 1 is 0.905 bits per heavy atom. The first kappa shape index (κ1) is 29.5. The summed E-state index contributed by atoms with van der Waals surface area (Å²) in [6.45, 7) is 1.76. The number of carbonyl (C=O) groups excluding carboxylic acids is 3. The van der Waals surface area contributed by atoms with Gasteiger partial charge in [-0.1, -0.05) is 6.07 Å². The van der Waals surface area contributed by atoms with E-state index in [1.165, 1.54) is 30.3 Å². The van der Waals surface area contributed by atoms with Crippen LogP contribution >= 0.6 is 22.6 Å². The Hall–Kier alpha value is -5.46. The van der Waals surface area contributed by atoms with Crippen LogP contribution in [0.15, 0.2) is 60.2 Å². The lowest BCUT2D eigenvalue weighted by Crippen LogP contribution is -2.54. The molecule has 0 bridgehead atoms. The number of hydrogen-bond donors (Lipinski definition) is 1. The molecule has 0 atom stereocenters. The van der Waals surface area contributed by atoms with E-state index in [0.29, 0.717) is 8.47 Å². The number of ether oxygens (including phenoxy) is 2. The number of nitrogens with one attached hydrogen (secondary N) is 1. The van der Waals surface area contributed by atoms with Crippen molar-refractivity contribution in [2.45, 2.75) is 6.92 Å². The highest BCUT2D eigenvalue weighted by Gasteiger charge is 2.37. The minimum atomic E-state index is -1.10. The average Bonchev–Trinajstić information content (AvgIpc) is 2.93. The maximum atomic E-state index is 13.2. The summed E-state index contributed by atoms with van der Waals surface area (Å²) in [6.07, 6.45) is 1.16. The summed E-state index contributed by atoms with van der Waals surface area (Å²) < 4.78 is 11.7. The standard InChI is InChI=1S/C25H16IN5O11/c1-2-41-21-10-13(9-18(26)22(21)42-20-7-6-16(30(37)38)12-19(20)31(39)40)8-17-23(32)27-25(34)28(24(17)33)14-4-3-5-15(11-14)29(35)36/h3-12H,2H2,1H3,(H,27,32,34)/b17-8+. The molecule has 3 aromatic rings. The largest absolute Gasteiger partial charge is 0.490 e. The third-order valence-corrected chi connectivity index (χ3v) is 6.41. The molecule has 17 heteroatoms. The number of halogens is 1. The van der Waals surface area contributed by atoms with Crippen molar-refractivity contribution in [2.75, 3.05) is 11.5 Å². The number of non-ortho nitro benzene ring substituents is 2. The molecule has 4 rings (SSSR count). The van der Waals surface area contributed by atoms with Gasteiger partial charge in [0.15, 0.2) is 11.5 Å². The predicted molar refractivity (Wildman–Crippen MR) is 152 cm³/mol.